The molecule has 0 amide bonds. The molecule has 2 fully saturated rings. The summed E-state index contributed by atoms with van der Waals surface area (Å²) in [6, 6.07) is 0.694. The fraction of sp³-hybridized carbons (Fsp3) is 1.00. The minimum absolute atomic E-state index is 0.131. The summed E-state index contributed by atoms with van der Waals surface area (Å²) in [5.41, 5.74) is 0.131. The zero-order valence-corrected chi connectivity index (χ0v) is 10.9. The maximum absolute atomic E-state index is 5.88. The molecule has 1 heterocycles. The van der Waals surface area contributed by atoms with E-state index < -0.39 is 0 Å². The smallest absolute Gasteiger partial charge is 0.0666 e. The molecule has 16 heavy (non-hydrogen) atoms. The van der Waals surface area contributed by atoms with Crippen LogP contribution >= 0.6 is 0 Å². The molecule has 0 aromatic carbocycles. The molecule has 1 N–H and O–H groups in total. The molecular weight excluding hydrogens is 198 g/mol. The van der Waals surface area contributed by atoms with Gasteiger partial charge in [-0.1, -0.05) is 19.8 Å². The fourth-order valence-corrected chi connectivity index (χ4v) is 3.10. The van der Waals surface area contributed by atoms with Crippen LogP contribution in [0.1, 0.15) is 58.8 Å². The van der Waals surface area contributed by atoms with Gasteiger partial charge in [0.05, 0.1) is 5.60 Å². The third kappa shape index (κ3) is 3.21. The van der Waals surface area contributed by atoms with Crippen LogP contribution < -0.4 is 5.32 Å². The molecule has 2 aliphatic rings. The van der Waals surface area contributed by atoms with Crippen molar-refractivity contribution < 1.29 is 4.74 Å². The van der Waals surface area contributed by atoms with Crippen molar-refractivity contribution >= 4 is 0 Å². The van der Waals surface area contributed by atoms with Gasteiger partial charge in [0, 0.05) is 12.6 Å². The van der Waals surface area contributed by atoms with Crippen molar-refractivity contribution in [1.29, 1.82) is 0 Å². The van der Waals surface area contributed by atoms with E-state index in [0.717, 1.165) is 18.9 Å². The fourth-order valence-electron chi connectivity index (χ4n) is 3.10. The van der Waals surface area contributed by atoms with E-state index in [0.29, 0.717) is 6.04 Å². The first kappa shape index (κ1) is 12.4. The van der Waals surface area contributed by atoms with E-state index in [-0.39, 0.29) is 5.60 Å². The van der Waals surface area contributed by atoms with Gasteiger partial charge in [0.15, 0.2) is 0 Å². The minimum Gasteiger partial charge on any atom is -0.375 e. The van der Waals surface area contributed by atoms with E-state index >= 15 is 0 Å². The van der Waals surface area contributed by atoms with E-state index in [4.69, 9.17) is 4.74 Å². The standard InChI is InChI=1S/C14H27NO/c1-3-14(2)10-13(8-9-16-14)15-11-12-6-4-5-7-12/h12-13,15H,3-11H2,1-2H3. The van der Waals surface area contributed by atoms with Crippen LogP contribution in [0.15, 0.2) is 0 Å². The Bertz CT molecular complexity index is 213. The lowest BCUT2D eigenvalue weighted by Gasteiger charge is -2.38. The molecule has 0 bridgehead atoms. The lowest BCUT2D eigenvalue weighted by molar-refractivity contribution is -0.0781. The molecule has 0 spiro atoms. The van der Waals surface area contributed by atoms with Crippen LogP contribution in [-0.2, 0) is 4.74 Å². The summed E-state index contributed by atoms with van der Waals surface area (Å²) in [5.74, 6) is 0.954. The maximum atomic E-state index is 5.88. The number of nitrogens with one attached hydrogen (secondary N) is 1. The van der Waals surface area contributed by atoms with Crippen LogP contribution in [0.25, 0.3) is 0 Å². The Morgan fingerprint density at radius 1 is 1.25 bits per heavy atom. The molecule has 0 aromatic heterocycles. The lowest BCUT2D eigenvalue weighted by Crippen LogP contribution is -2.46. The minimum atomic E-state index is 0.131. The summed E-state index contributed by atoms with van der Waals surface area (Å²) in [5, 5.41) is 3.77. The summed E-state index contributed by atoms with van der Waals surface area (Å²) in [6.07, 6.45) is 9.31. The van der Waals surface area contributed by atoms with Crippen molar-refractivity contribution in [2.45, 2.75) is 70.4 Å². The number of hydrogen-bond donors (Lipinski definition) is 1. The van der Waals surface area contributed by atoms with Gasteiger partial charge in [-0.05, 0) is 51.5 Å². The van der Waals surface area contributed by atoms with E-state index in [1.165, 1.54) is 45.1 Å². The Labute approximate surface area is 100 Å². The van der Waals surface area contributed by atoms with Gasteiger partial charge in [-0.25, -0.2) is 0 Å². The maximum Gasteiger partial charge on any atom is 0.0666 e. The molecule has 2 atom stereocenters. The van der Waals surface area contributed by atoms with Gasteiger partial charge < -0.3 is 10.1 Å². The molecule has 0 aromatic rings. The highest BCUT2D eigenvalue weighted by Crippen LogP contribution is 2.29. The predicted octanol–water partition coefficient (Wildman–Crippen LogP) is 3.11. The summed E-state index contributed by atoms with van der Waals surface area (Å²) < 4.78 is 5.88. The molecule has 2 nitrogen and oxygen atoms in total. The quantitative estimate of drug-likeness (QED) is 0.794. The van der Waals surface area contributed by atoms with Crippen LogP contribution in [0.3, 0.4) is 0 Å². The molecular formula is C14H27NO. The van der Waals surface area contributed by atoms with Crippen LogP contribution in [0.4, 0.5) is 0 Å². The highest BCUT2D eigenvalue weighted by Gasteiger charge is 2.31. The molecule has 2 heteroatoms. The summed E-state index contributed by atoms with van der Waals surface area (Å²) in [4.78, 5) is 0. The average Bonchev–Trinajstić information content (AvgIpc) is 2.80. The van der Waals surface area contributed by atoms with Gasteiger partial charge in [0.25, 0.3) is 0 Å². The summed E-state index contributed by atoms with van der Waals surface area (Å²) in [6.45, 7) is 6.67. The van der Waals surface area contributed by atoms with Gasteiger partial charge in [-0.3, -0.25) is 0 Å². The van der Waals surface area contributed by atoms with Crippen molar-refractivity contribution in [3.05, 3.63) is 0 Å². The van der Waals surface area contributed by atoms with Gasteiger partial charge >= 0.3 is 0 Å². The Morgan fingerprint density at radius 3 is 2.69 bits per heavy atom. The van der Waals surface area contributed by atoms with Gasteiger partial charge in [0.1, 0.15) is 0 Å². The molecule has 1 saturated heterocycles. The van der Waals surface area contributed by atoms with Crippen LogP contribution in [-0.4, -0.2) is 24.8 Å². The Balaban J connectivity index is 1.72. The zero-order valence-electron chi connectivity index (χ0n) is 10.9. The molecule has 1 saturated carbocycles. The Morgan fingerprint density at radius 2 is 2.00 bits per heavy atom. The first-order valence-corrected chi connectivity index (χ1v) is 7.09. The highest BCUT2D eigenvalue weighted by atomic mass is 16.5. The number of ether oxygens (including phenoxy) is 1. The van der Waals surface area contributed by atoms with E-state index in [1.807, 2.05) is 0 Å². The van der Waals surface area contributed by atoms with Crippen molar-refractivity contribution in [2.75, 3.05) is 13.2 Å². The van der Waals surface area contributed by atoms with Gasteiger partial charge in [-0.2, -0.15) is 0 Å². The summed E-state index contributed by atoms with van der Waals surface area (Å²) >= 11 is 0. The van der Waals surface area contributed by atoms with Crippen LogP contribution in [0.2, 0.25) is 0 Å². The van der Waals surface area contributed by atoms with E-state index in [9.17, 15) is 0 Å². The lowest BCUT2D eigenvalue weighted by atomic mass is 9.89. The number of hydrogen-bond acceptors (Lipinski definition) is 2. The third-order valence-electron chi connectivity index (χ3n) is 4.51. The second-order valence-electron chi connectivity index (χ2n) is 5.90. The second-order valence-corrected chi connectivity index (χ2v) is 5.90. The molecule has 2 unspecified atom stereocenters. The molecule has 2 rings (SSSR count). The zero-order chi connectivity index (χ0) is 11.4. The van der Waals surface area contributed by atoms with Crippen molar-refractivity contribution in [3.8, 4) is 0 Å². The average molecular weight is 225 g/mol. The van der Waals surface area contributed by atoms with Crippen molar-refractivity contribution in [2.24, 2.45) is 5.92 Å². The van der Waals surface area contributed by atoms with E-state index in [1.54, 1.807) is 0 Å². The molecule has 1 aliphatic heterocycles. The third-order valence-corrected chi connectivity index (χ3v) is 4.51. The molecule has 0 radical (unpaired) electrons. The monoisotopic (exact) mass is 225 g/mol. The number of rotatable bonds is 4. The van der Waals surface area contributed by atoms with Crippen LogP contribution in [0.5, 0.6) is 0 Å². The molecule has 94 valence electrons. The van der Waals surface area contributed by atoms with E-state index in [2.05, 4.69) is 19.2 Å². The Kier molecular flexibility index (Phi) is 4.26. The topological polar surface area (TPSA) is 21.3 Å². The SMILES string of the molecule is CCC1(C)CC(NCC2CCCC2)CCO1. The first-order chi connectivity index (χ1) is 7.72. The largest absolute Gasteiger partial charge is 0.375 e. The van der Waals surface area contributed by atoms with Crippen molar-refractivity contribution in [3.63, 3.8) is 0 Å². The Hall–Kier alpha value is -0.0800. The second kappa shape index (κ2) is 5.50. The molecule has 1 aliphatic carbocycles. The van der Waals surface area contributed by atoms with Crippen molar-refractivity contribution in [1.82, 2.24) is 5.32 Å². The summed E-state index contributed by atoms with van der Waals surface area (Å²) in [7, 11) is 0. The van der Waals surface area contributed by atoms with Crippen LogP contribution in [0, 0.1) is 5.92 Å². The normalized spacial score (nSPS) is 36.8. The first-order valence-electron chi connectivity index (χ1n) is 7.09. The van der Waals surface area contributed by atoms with Gasteiger partial charge in [-0.15, -0.1) is 0 Å². The predicted molar refractivity (Wildman–Crippen MR) is 67.6 cm³/mol. The highest BCUT2D eigenvalue weighted by molar-refractivity contribution is 4.86. The van der Waals surface area contributed by atoms with Gasteiger partial charge in [0.2, 0.25) is 0 Å².